The standard InChI is InChI=1S/C11H18N2O2S/c1-9-5-11(7-13-6-9)8-16(14,15)10(2)3-4-12/h5-7,10H,3-4,8,12H2,1-2H3. The summed E-state index contributed by atoms with van der Waals surface area (Å²) in [6.07, 6.45) is 3.81. The van der Waals surface area contributed by atoms with Crippen LogP contribution in [0.25, 0.3) is 0 Å². The third-order valence-corrected chi connectivity index (χ3v) is 4.68. The lowest BCUT2D eigenvalue weighted by Crippen LogP contribution is -2.22. The average Bonchev–Trinajstić information content (AvgIpc) is 2.17. The molecule has 0 saturated carbocycles. The van der Waals surface area contributed by atoms with Crippen LogP contribution in [-0.4, -0.2) is 25.2 Å². The first-order chi connectivity index (χ1) is 7.45. The first-order valence-corrected chi connectivity index (χ1v) is 6.99. The van der Waals surface area contributed by atoms with Gasteiger partial charge in [-0.05, 0) is 37.9 Å². The van der Waals surface area contributed by atoms with E-state index in [0.29, 0.717) is 13.0 Å². The van der Waals surface area contributed by atoms with Crippen molar-refractivity contribution in [3.63, 3.8) is 0 Å². The molecule has 0 spiro atoms. The monoisotopic (exact) mass is 242 g/mol. The largest absolute Gasteiger partial charge is 0.330 e. The molecule has 1 atom stereocenters. The molecule has 90 valence electrons. The van der Waals surface area contributed by atoms with Crippen LogP contribution >= 0.6 is 0 Å². The lowest BCUT2D eigenvalue weighted by atomic mass is 10.2. The highest BCUT2D eigenvalue weighted by Crippen LogP contribution is 2.13. The number of pyridine rings is 1. The lowest BCUT2D eigenvalue weighted by molar-refractivity contribution is 0.577. The lowest BCUT2D eigenvalue weighted by Gasteiger charge is -2.11. The van der Waals surface area contributed by atoms with E-state index < -0.39 is 15.1 Å². The van der Waals surface area contributed by atoms with Crippen LogP contribution in [0, 0.1) is 6.92 Å². The molecular weight excluding hydrogens is 224 g/mol. The maximum atomic E-state index is 11.9. The van der Waals surface area contributed by atoms with Gasteiger partial charge in [0.05, 0.1) is 11.0 Å². The van der Waals surface area contributed by atoms with E-state index in [1.807, 2.05) is 13.0 Å². The molecule has 0 saturated heterocycles. The van der Waals surface area contributed by atoms with Gasteiger partial charge >= 0.3 is 0 Å². The van der Waals surface area contributed by atoms with E-state index in [1.165, 1.54) is 0 Å². The Labute approximate surface area is 96.8 Å². The Kier molecular flexibility index (Phi) is 4.44. The molecule has 1 heterocycles. The molecule has 4 nitrogen and oxygen atoms in total. The van der Waals surface area contributed by atoms with Crippen LogP contribution in [0.2, 0.25) is 0 Å². The second-order valence-electron chi connectivity index (χ2n) is 4.07. The summed E-state index contributed by atoms with van der Waals surface area (Å²) in [5.41, 5.74) is 7.08. The van der Waals surface area contributed by atoms with Crippen LogP contribution in [0.1, 0.15) is 24.5 Å². The molecule has 1 aromatic heterocycles. The average molecular weight is 242 g/mol. The highest BCUT2D eigenvalue weighted by Gasteiger charge is 2.20. The molecule has 0 aliphatic heterocycles. The minimum Gasteiger partial charge on any atom is -0.330 e. The molecule has 1 rings (SSSR count). The molecule has 5 heteroatoms. The zero-order valence-corrected chi connectivity index (χ0v) is 10.5. The molecule has 0 bridgehead atoms. The molecule has 0 radical (unpaired) electrons. The van der Waals surface area contributed by atoms with Crippen molar-refractivity contribution in [1.82, 2.24) is 4.98 Å². The smallest absolute Gasteiger partial charge is 0.157 e. The molecule has 0 amide bonds. The van der Waals surface area contributed by atoms with Crippen LogP contribution in [-0.2, 0) is 15.6 Å². The molecule has 1 aromatic rings. The molecule has 0 aliphatic carbocycles. The van der Waals surface area contributed by atoms with Gasteiger partial charge in [0.1, 0.15) is 0 Å². The summed E-state index contributed by atoms with van der Waals surface area (Å²) in [5.74, 6) is 0.0445. The Bertz CT molecular complexity index is 443. The number of hydrogen-bond acceptors (Lipinski definition) is 4. The Morgan fingerprint density at radius 2 is 2.12 bits per heavy atom. The van der Waals surface area contributed by atoms with E-state index in [9.17, 15) is 8.42 Å². The van der Waals surface area contributed by atoms with Gasteiger partial charge in [0, 0.05) is 12.4 Å². The quantitative estimate of drug-likeness (QED) is 0.837. The van der Waals surface area contributed by atoms with Crippen molar-refractivity contribution >= 4 is 9.84 Å². The van der Waals surface area contributed by atoms with Gasteiger partial charge in [0.25, 0.3) is 0 Å². The summed E-state index contributed by atoms with van der Waals surface area (Å²) in [5, 5.41) is -0.391. The van der Waals surface area contributed by atoms with Crippen LogP contribution in [0.15, 0.2) is 18.5 Å². The third-order valence-electron chi connectivity index (χ3n) is 2.49. The van der Waals surface area contributed by atoms with Crippen molar-refractivity contribution in [2.24, 2.45) is 5.73 Å². The fraction of sp³-hybridized carbons (Fsp3) is 0.545. The second kappa shape index (κ2) is 5.41. The highest BCUT2D eigenvalue weighted by atomic mass is 32.2. The Morgan fingerprint density at radius 1 is 1.44 bits per heavy atom. The summed E-state index contributed by atoms with van der Waals surface area (Å²) < 4.78 is 23.8. The summed E-state index contributed by atoms with van der Waals surface area (Å²) in [4.78, 5) is 3.98. The van der Waals surface area contributed by atoms with E-state index in [-0.39, 0.29) is 5.75 Å². The number of nitrogens with two attached hydrogens (primary N) is 1. The van der Waals surface area contributed by atoms with Gasteiger partial charge < -0.3 is 5.73 Å². The van der Waals surface area contributed by atoms with E-state index in [1.54, 1.807) is 19.3 Å². The predicted octanol–water partition coefficient (Wildman–Crippen LogP) is 1.04. The van der Waals surface area contributed by atoms with Crippen molar-refractivity contribution < 1.29 is 8.42 Å². The number of nitrogens with zero attached hydrogens (tertiary/aromatic N) is 1. The van der Waals surface area contributed by atoms with Gasteiger partial charge in [-0.2, -0.15) is 0 Å². The molecular formula is C11H18N2O2S. The maximum Gasteiger partial charge on any atom is 0.157 e. The van der Waals surface area contributed by atoms with Gasteiger partial charge in [-0.3, -0.25) is 4.98 Å². The van der Waals surface area contributed by atoms with Gasteiger partial charge in [-0.1, -0.05) is 6.07 Å². The second-order valence-corrected chi connectivity index (χ2v) is 6.48. The molecule has 1 unspecified atom stereocenters. The summed E-state index contributed by atoms with van der Waals surface area (Å²) in [6.45, 7) is 3.99. The van der Waals surface area contributed by atoms with Crippen LogP contribution < -0.4 is 5.73 Å². The maximum absolute atomic E-state index is 11.9. The van der Waals surface area contributed by atoms with E-state index in [2.05, 4.69) is 4.98 Å². The Hall–Kier alpha value is -0.940. The van der Waals surface area contributed by atoms with Gasteiger partial charge in [-0.15, -0.1) is 0 Å². The van der Waals surface area contributed by atoms with E-state index in [0.717, 1.165) is 11.1 Å². The predicted molar refractivity (Wildman–Crippen MR) is 64.7 cm³/mol. The normalized spacial score (nSPS) is 13.7. The number of aromatic nitrogens is 1. The van der Waals surface area contributed by atoms with Crippen LogP contribution in [0.4, 0.5) is 0 Å². The molecule has 16 heavy (non-hydrogen) atoms. The summed E-state index contributed by atoms with van der Waals surface area (Å²) in [6, 6.07) is 1.85. The summed E-state index contributed by atoms with van der Waals surface area (Å²) in [7, 11) is -3.11. The molecule has 0 fully saturated rings. The Balaban J connectivity index is 2.80. The summed E-state index contributed by atoms with van der Waals surface area (Å²) >= 11 is 0. The zero-order chi connectivity index (χ0) is 12.2. The van der Waals surface area contributed by atoms with Gasteiger partial charge in [0.15, 0.2) is 9.84 Å². The number of aryl methyl sites for hydroxylation is 1. The number of hydrogen-bond donors (Lipinski definition) is 1. The van der Waals surface area contributed by atoms with Gasteiger partial charge in [-0.25, -0.2) is 8.42 Å². The number of sulfone groups is 1. The fourth-order valence-corrected chi connectivity index (χ4v) is 2.89. The highest BCUT2D eigenvalue weighted by molar-refractivity contribution is 7.91. The molecule has 2 N–H and O–H groups in total. The fourth-order valence-electron chi connectivity index (χ4n) is 1.49. The molecule has 0 aromatic carbocycles. The van der Waals surface area contributed by atoms with Crippen molar-refractivity contribution in [2.75, 3.05) is 6.54 Å². The Morgan fingerprint density at radius 3 is 2.69 bits per heavy atom. The third kappa shape index (κ3) is 3.57. The first kappa shape index (κ1) is 13.1. The van der Waals surface area contributed by atoms with E-state index in [4.69, 9.17) is 5.73 Å². The zero-order valence-electron chi connectivity index (χ0n) is 9.68. The topological polar surface area (TPSA) is 73.0 Å². The van der Waals surface area contributed by atoms with Crippen molar-refractivity contribution in [2.45, 2.75) is 31.3 Å². The minimum atomic E-state index is -3.11. The first-order valence-electron chi connectivity index (χ1n) is 5.28. The SMILES string of the molecule is Cc1cncc(CS(=O)(=O)C(C)CCN)c1. The van der Waals surface area contributed by atoms with E-state index >= 15 is 0 Å². The van der Waals surface area contributed by atoms with Crippen LogP contribution in [0.3, 0.4) is 0 Å². The minimum absolute atomic E-state index is 0.0445. The van der Waals surface area contributed by atoms with Crippen LogP contribution in [0.5, 0.6) is 0 Å². The van der Waals surface area contributed by atoms with Crippen molar-refractivity contribution in [3.8, 4) is 0 Å². The molecule has 0 aliphatic rings. The van der Waals surface area contributed by atoms with Crippen molar-refractivity contribution in [3.05, 3.63) is 29.6 Å². The van der Waals surface area contributed by atoms with Crippen molar-refractivity contribution in [1.29, 1.82) is 0 Å². The number of rotatable bonds is 5. The van der Waals surface area contributed by atoms with Gasteiger partial charge in [0.2, 0.25) is 0 Å².